The molecule has 20 rings (SSSR count). The largest absolute Gasteiger partial charge is 0.594 e. The van der Waals surface area contributed by atoms with E-state index in [2.05, 4.69) is 182 Å². The lowest BCUT2D eigenvalue weighted by atomic mass is 10.1. The maximum absolute atomic E-state index is 14.1. The Bertz CT molecular complexity index is 6090. The summed E-state index contributed by atoms with van der Waals surface area (Å²) in [5.41, 5.74) is 28.9. The molecular formula is C86H92F2N32O2. The molecule has 1 amide bonds. The van der Waals surface area contributed by atoms with Crippen molar-refractivity contribution < 1.29 is 18.4 Å². The summed E-state index contributed by atoms with van der Waals surface area (Å²) in [5, 5.41) is 77.5. The van der Waals surface area contributed by atoms with Gasteiger partial charge in [-0.15, -0.1) is 40.8 Å². The van der Waals surface area contributed by atoms with Crippen molar-refractivity contribution in [3.8, 4) is 22.4 Å². The van der Waals surface area contributed by atoms with E-state index in [-0.39, 0.29) is 29.1 Å². The van der Waals surface area contributed by atoms with Gasteiger partial charge in [0.2, 0.25) is 23.8 Å². The molecule has 6 aromatic heterocycles. The average Bonchev–Trinajstić information content (AvgIpc) is 0.842. The molecule has 11 heterocycles. The highest BCUT2D eigenvalue weighted by atomic mass is 19.1. The fraction of sp³-hybridized carbons (Fsp3) is 0.267. The van der Waals surface area contributed by atoms with E-state index in [0.717, 1.165) is 203 Å². The second-order valence-electron chi connectivity index (χ2n) is 29.7. The Kier molecular flexibility index (Phi) is 25.9. The van der Waals surface area contributed by atoms with E-state index in [1.54, 1.807) is 18.3 Å². The van der Waals surface area contributed by atoms with Gasteiger partial charge in [0, 0.05) is 184 Å². The van der Waals surface area contributed by atoms with E-state index in [1.165, 1.54) is 17.3 Å². The minimum atomic E-state index is -0.452. The third kappa shape index (κ3) is 20.7. The number of nitrogen functional groups attached to an aromatic ring is 2. The summed E-state index contributed by atoms with van der Waals surface area (Å²) in [4.78, 5) is 48.3. The van der Waals surface area contributed by atoms with Gasteiger partial charge in [-0.2, -0.15) is 5.10 Å². The number of nitrogens with zero attached hydrogens (tertiary/aromatic N) is 22. The van der Waals surface area contributed by atoms with E-state index < -0.39 is 5.82 Å². The van der Waals surface area contributed by atoms with Gasteiger partial charge in [-0.05, 0) is 138 Å². The number of piperazine rings is 5. The molecule has 0 radical (unpaired) electrons. The molecule has 0 spiro atoms. The molecule has 0 unspecified atom stereocenters. The molecule has 5 aliphatic rings. The number of aryl methyl sites for hydroxylation is 1. The van der Waals surface area contributed by atoms with Crippen LogP contribution in [0.2, 0.25) is 0 Å². The number of hydrogen-bond donors (Lipinski definition) is 10. The molecule has 0 atom stereocenters. The highest BCUT2D eigenvalue weighted by Crippen LogP contribution is 2.31. The van der Waals surface area contributed by atoms with E-state index in [9.17, 15) is 18.8 Å². The molecule has 0 saturated carbocycles. The van der Waals surface area contributed by atoms with Crippen LogP contribution in [0.4, 0.5) is 72.6 Å². The van der Waals surface area contributed by atoms with Crippen LogP contribution in [0, 0.1) is 23.8 Å². The topological polar surface area (TPSA) is 409 Å². The SMILES string of the molecule is Cc1ccc(NC(=O)c2ccc(CN3CCN(C)CC3)cc2)cc1Nc1nnc2ccccc2n1.Nc1nc2cc(N3CCNCC3)c(F)cc2[n+]([O-])n1.Nc1nnc2cc(F)c(N3CCNCC3)cc2n1.c1cc(-c2ccc3nc(N4CCNCC4)nnc3c2)[nH]n1.c1ccc(-c2ccc3nnc(Nc4cccc(N5CCNCC5)c4)nc3c2)cc1. The maximum Gasteiger partial charge on any atom is 0.288 e. The molecular weight excluding hydrogens is 1550 g/mol. The van der Waals surface area contributed by atoms with Gasteiger partial charge in [0.15, 0.2) is 5.82 Å². The van der Waals surface area contributed by atoms with Gasteiger partial charge in [0.05, 0.1) is 50.3 Å². The summed E-state index contributed by atoms with van der Waals surface area (Å²) in [5.74, 6) is 0.692. The van der Waals surface area contributed by atoms with Crippen molar-refractivity contribution in [1.82, 2.24) is 112 Å². The molecule has 0 bridgehead atoms. The van der Waals surface area contributed by atoms with Crippen LogP contribution in [0.15, 0.2) is 194 Å². The number of nitrogens with one attached hydrogen (secondary N) is 8. The number of para-hydroxylation sites is 1. The number of hydrogen-bond acceptors (Lipinski definition) is 31. The molecule has 5 aliphatic heterocycles. The first-order valence-electron chi connectivity index (χ1n) is 40.5. The first-order chi connectivity index (χ1) is 59.7. The molecule has 5 fully saturated rings. The van der Waals surface area contributed by atoms with Crippen LogP contribution in [0.1, 0.15) is 21.5 Å². The lowest BCUT2D eigenvalue weighted by molar-refractivity contribution is -0.641. The molecule has 9 aromatic carbocycles. The van der Waals surface area contributed by atoms with Crippen molar-refractivity contribution in [3.05, 3.63) is 228 Å². The number of H-pyrrole nitrogens is 1. The molecule has 12 N–H and O–H groups in total. The fourth-order valence-corrected chi connectivity index (χ4v) is 14.6. The van der Waals surface area contributed by atoms with Crippen LogP contribution in [0.3, 0.4) is 0 Å². The van der Waals surface area contributed by atoms with Crippen molar-refractivity contribution in [1.29, 1.82) is 0 Å². The number of likely N-dealkylation sites (N-methyl/N-ethyl adjacent to an activating group) is 1. The number of amides is 1. The minimum absolute atomic E-state index is 0.0746. The highest BCUT2D eigenvalue weighted by Gasteiger charge is 2.23. The number of halogens is 2. The van der Waals surface area contributed by atoms with Gasteiger partial charge in [-0.3, -0.25) is 14.8 Å². The number of nitrogens with two attached hydrogens (primary N) is 2. The first kappa shape index (κ1) is 81.6. The fourth-order valence-electron chi connectivity index (χ4n) is 14.6. The zero-order valence-corrected chi connectivity index (χ0v) is 67.4. The van der Waals surface area contributed by atoms with Gasteiger partial charge < -0.3 is 78.4 Å². The lowest BCUT2D eigenvalue weighted by Gasteiger charge is -2.32. The summed E-state index contributed by atoms with van der Waals surface area (Å²) in [6.45, 7) is 21.3. The van der Waals surface area contributed by atoms with Gasteiger partial charge in [-0.1, -0.05) is 78.9 Å². The zero-order chi connectivity index (χ0) is 83.7. The first-order valence-corrected chi connectivity index (χ1v) is 40.5. The Morgan fingerprint density at radius 2 is 1.03 bits per heavy atom. The number of aromatic amines is 1. The Balaban J connectivity index is 0.000000116. The Morgan fingerprint density at radius 3 is 1.74 bits per heavy atom. The molecule has 0 aliphatic carbocycles. The van der Waals surface area contributed by atoms with Crippen LogP contribution in [0.25, 0.3) is 77.6 Å². The van der Waals surface area contributed by atoms with Crippen molar-refractivity contribution in [2.75, 3.05) is 185 Å². The second kappa shape index (κ2) is 38.7. The van der Waals surface area contributed by atoms with Crippen LogP contribution in [-0.4, -0.2) is 235 Å². The number of anilines is 11. The molecule has 122 heavy (non-hydrogen) atoms. The second-order valence-corrected chi connectivity index (χ2v) is 29.7. The number of benzene rings is 9. The predicted molar refractivity (Wildman–Crippen MR) is 471 cm³/mol. The summed E-state index contributed by atoms with van der Waals surface area (Å²) < 4.78 is 28.1. The summed E-state index contributed by atoms with van der Waals surface area (Å²) in [6.07, 6.45) is 1.73. The Labute approximate surface area is 700 Å². The standard InChI is InChI=1S/C27H29N7O.C23H22N6.C14H15N7.C11H13FN6O.C11H13FN6/c1-19-7-12-22(17-25(19)30-27-29-23-5-3-4-6-24(23)31-32-27)28-26(35)21-10-8-20(9-11-21)18-34-15-13-33(2)14-16-34;1-2-5-17(6-3-1)18-9-10-21-22(15-18)26-23(28-27-21)25-19-7-4-8-20(16-19)29-13-11-24-12-14-29;1-2-12-13(9-10(1)11-3-4-16-18-11)19-20-14(17-12)21-7-5-15-6-8-21;12-7-5-10-8(15-11(13)16-18(10)19)6-9(7)17-3-1-14-2-4-17;12-7-5-9-8(15-11(13)17-16-9)6-10(7)18-3-1-14-2-4-18/h3-12,17H,13-16,18H2,1-2H3,(H,28,35)(H,29,30,32);1-10,15-16,24H,11-14H2,(H,25,26,28);1-4,9,15H,5-8H2,(H,16,18);5-6,14H,1-4H2,(H2,13,15,16);5-6,14H,1-4H2,(H2,13,15,17). The smallest absolute Gasteiger partial charge is 0.288 e. The number of carbonyl (C=O) groups is 1. The number of rotatable bonds is 14. The van der Waals surface area contributed by atoms with Gasteiger partial charge in [0.1, 0.15) is 33.4 Å². The Morgan fingerprint density at radius 1 is 0.459 bits per heavy atom. The van der Waals surface area contributed by atoms with Gasteiger partial charge in [0.25, 0.3) is 17.4 Å². The van der Waals surface area contributed by atoms with E-state index >= 15 is 0 Å². The number of fused-ring (bicyclic) bond motifs is 5. The number of carbonyl (C=O) groups excluding carboxylic acids is 1. The molecule has 5 saturated heterocycles. The third-order valence-electron chi connectivity index (χ3n) is 21.3. The zero-order valence-electron chi connectivity index (χ0n) is 67.4. The normalized spacial score (nSPS) is 15.1. The van der Waals surface area contributed by atoms with Crippen LogP contribution in [-0.2, 0) is 6.54 Å². The van der Waals surface area contributed by atoms with Crippen molar-refractivity contribution in [3.63, 3.8) is 0 Å². The lowest BCUT2D eigenvalue weighted by Crippen LogP contribution is -2.44. The average molecular weight is 1640 g/mol. The van der Waals surface area contributed by atoms with E-state index in [0.29, 0.717) is 75.0 Å². The van der Waals surface area contributed by atoms with E-state index in [1.807, 2.05) is 138 Å². The van der Waals surface area contributed by atoms with Crippen molar-refractivity contribution >= 4 is 125 Å². The van der Waals surface area contributed by atoms with Gasteiger partial charge >= 0.3 is 0 Å². The van der Waals surface area contributed by atoms with Crippen LogP contribution >= 0.6 is 0 Å². The number of aromatic nitrogens is 17. The van der Waals surface area contributed by atoms with Crippen molar-refractivity contribution in [2.45, 2.75) is 13.5 Å². The molecule has 34 nitrogen and oxygen atoms in total. The Hall–Kier alpha value is -14.2. The summed E-state index contributed by atoms with van der Waals surface area (Å²) in [6, 6.07) is 59.5. The van der Waals surface area contributed by atoms with Crippen LogP contribution < -0.4 is 73.1 Å². The minimum Gasteiger partial charge on any atom is -0.594 e. The third-order valence-corrected chi connectivity index (χ3v) is 21.3. The monoisotopic (exact) mass is 1640 g/mol. The quantitative estimate of drug-likeness (QED) is 0.0361. The van der Waals surface area contributed by atoms with Crippen molar-refractivity contribution in [2.24, 2.45) is 0 Å². The predicted octanol–water partition coefficient (Wildman–Crippen LogP) is 8.30. The molecule has 36 heteroatoms. The molecule has 622 valence electrons. The van der Waals surface area contributed by atoms with Crippen LogP contribution in [0.5, 0.6) is 0 Å². The molecule has 15 aromatic rings. The summed E-state index contributed by atoms with van der Waals surface area (Å²) >= 11 is 0. The summed E-state index contributed by atoms with van der Waals surface area (Å²) in [7, 11) is 2.16. The van der Waals surface area contributed by atoms with E-state index in [4.69, 9.17) is 16.5 Å². The maximum atomic E-state index is 14.1. The highest BCUT2D eigenvalue weighted by molar-refractivity contribution is 6.04. The van der Waals surface area contributed by atoms with Gasteiger partial charge in [-0.25, -0.2) is 33.7 Å².